The van der Waals surface area contributed by atoms with E-state index in [-0.39, 0.29) is 18.9 Å². The number of Topliss-reactive ketones (excluding diaryl/α,β-unsaturated/α-hetero) is 1. The van der Waals surface area contributed by atoms with Gasteiger partial charge in [0.1, 0.15) is 5.75 Å². The average Bonchev–Trinajstić information content (AvgIpc) is 2.71. The summed E-state index contributed by atoms with van der Waals surface area (Å²) in [7, 11) is 0. The van der Waals surface area contributed by atoms with Gasteiger partial charge in [0.25, 0.3) is 5.91 Å². The minimum absolute atomic E-state index is 0.0302. The highest BCUT2D eigenvalue weighted by Crippen LogP contribution is 2.15. The van der Waals surface area contributed by atoms with Crippen LogP contribution < -0.4 is 10.1 Å². The molecule has 0 heterocycles. The van der Waals surface area contributed by atoms with E-state index in [9.17, 15) is 14.4 Å². The third kappa shape index (κ3) is 6.39. The summed E-state index contributed by atoms with van der Waals surface area (Å²) >= 11 is 6.03. The molecular formula is C21H22ClNO5. The molecule has 7 heteroatoms. The first-order valence-electron chi connectivity index (χ1n) is 8.87. The van der Waals surface area contributed by atoms with Gasteiger partial charge in [-0.3, -0.25) is 9.59 Å². The molecule has 1 N–H and O–H groups in total. The molecule has 0 aliphatic heterocycles. The smallest absolute Gasteiger partial charge is 0.344 e. The molecule has 0 aromatic heterocycles. The quantitative estimate of drug-likeness (QED) is 0.511. The summed E-state index contributed by atoms with van der Waals surface area (Å²) in [5, 5.41) is 3.22. The minimum atomic E-state index is -0.969. The standard InChI is InChI=1S/C21H22ClNO5/c1-3-19(24)15-8-10-17(11-9-15)27-13-20(25)28-14(2)21(26)23-12-16-6-4-5-7-18(16)22/h4-11,14H,3,12-13H2,1-2H3,(H,23,26). The van der Waals surface area contributed by atoms with Gasteiger partial charge in [-0.2, -0.15) is 0 Å². The van der Waals surface area contributed by atoms with Gasteiger partial charge in [-0.25, -0.2) is 4.79 Å². The van der Waals surface area contributed by atoms with Crippen LogP contribution in [0, 0.1) is 0 Å². The Balaban J connectivity index is 1.76. The van der Waals surface area contributed by atoms with E-state index in [1.807, 2.05) is 6.07 Å². The number of benzene rings is 2. The van der Waals surface area contributed by atoms with Crippen molar-refractivity contribution in [2.45, 2.75) is 32.9 Å². The predicted octanol–water partition coefficient (Wildman–Crippen LogP) is 3.56. The van der Waals surface area contributed by atoms with E-state index in [0.29, 0.717) is 22.8 Å². The first-order chi connectivity index (χ1) is 13.4. The summed E-state index contributed by atoms with van der Waals surface area (Å²) in [6, 6.07) is 13.6. The maximum Gasteiger partial charge on any atom is 0.344 e. The fourth-order valence-corrected chi connectivity index (χ4v) is 2.54. The summed E-state index contributed by atoms with van der Waals surface area (Å²) in [6.45, 7) is 3.16. The summed E-state index contributed by atoms with van der Waals surface area (Å²) in [6.07, 6.45) is -0.550. The number of nitrogens with one attached hydrogen (secondary N) is 1. The van der Waals surface area contributed by atoms with Crippen LogP contribution in [-0.4, -0.2) is 30.4 Å². The number of carbonyl (C=O) groups excluding carboxylic acids is 3. The second kappa shape index (κ2) is 10.5. The highest BCUT2D eigenvalue weighted by atomic mass is 35.5. The molecule has 0 bridgehead atoms. The van der Waals surface area contributed by atoms with E-state index in [0.717, 1.165) is 5.56 Å². The highest BCUT2D eigenvalue weighted by Gasteiger charge is 2.18. The van der Waals surface area contributed by atoms with E-state index in [2.05, 4.69) is 5.32 Å². The first kappa shape index (κ1) is 21.4. The average molecular weight is 404 g/mol. The van der Waals surface area contributed by atoms with E-state index < -0.39 is 18.0 Å². The monoisotopic (exact) mass is 403 g/mol. The highest BCUT2D eigenvalue weighted by molar-refractivity contribution is 6.31. The molecule has 0 aliphatic rings. The topological polar surface area (TPSA) is 81.7 Å². The predicted molar refractivity (Wildman–Crippen MR) is 105 cm³/mol. The fourth-order valence-electron chi connectivity index (χ4n) is 2.34. The van der Waals surface area contributed by atoms with Crippen molar-refractivity contribution in [1.29, 1.82) is 0 Å². The normalized spacial score (nSPS) is 11.4. The molecule has 1 atom stereocenters. The maximum absolute atomic E-state index is 12.1. The number of ketones is 1. The Bertz CT molecular complexity index is 835. The second-order valence-corrected chi connectivity index (χ2v) is 6.44. The number of ether oxygens (including phenoxy) is 2. The van der Waals surface area contributed by atoms with E-state index in [1.165, 1.54) is 6.92 Å². The Morgan fingerprint density at radius 2 is 1.75 bits per heavy atom. The maximum atomic E-state index is 12.1. The number of esters is 1. The molecule has 0 saturated carbocycles. The third-order valence-corrected chi connectivity index (χ3v) is 4.31. The van der Waals surface area contributed by atoms with Crippen LogP contribution in [0.4, 0.5) is 0 Å². The molecule has 2 rings (SSSR count). The Morgan fingerprint density at radius 3 is 2.39 bits per heavy atom. The largest absolute Gasteiger partial charge is 0.482 e. The number of hydrogen-bond donors (Lipinski definition) is 1. The van der Waals surface area contributed by atoms with Crippen molar-refractivity contribution in [3.63, 3.8) is 0 Å². The summed E-state index contributed by atoms with van der Waals surface area (Å²) in [5.41, 5.74) is 1.35. The number of halogens is 1. The van der Waals surface area contributed by atoms with Crippen molar-refractivity contribution < 1.29 is 23.9 Å². The van der Waals surface area contributed by atoms with Crippen molar-refractivity contribution >= 4 is 29.3 Å². The molecule has 0 aliphatic carbocycles. The van der Waals surface area contributed by atoms with Crippen molar-refractivity contribution in [1.82, 2.24) is 5.32 Å². The van der Waals surface area contributed by atoms with Crippen LogP contribution in [0.25, 0.3) is 0 Å². The Kier molecular flexibility index (Phi) is 8.02. The first-order valence-corrected chi connectivity index (χ1v) is 9.25. The lowest BCUT2D eigenvalue weighted by atomic mass is 10.1. The number of carbonyl (C=O) groups is 3. The van der Waals surface area contributed by atoms with Gasteiger partial charge >= 0.3 is 5.97 Å². The van der Waals surface area contributed by atoms with Crippen molar-refractivity contribution in [3.8, 4) is 5.75 Å². The zero-order valence-corrected chi connectivity index (χ0v) is 16.5. The molecular weight excluding hydrogens is 382 g/mol. The van der Waals surface area contributed by atoms with Crippen LogP contribution >= 0.6 is 11.6 Å². The van der Waals surface area contributed by atoms with Crippen LogP contribution in [0.1, 0.15) is 36.2 Å². The van der Waals surface area contributed by atoms with Gasteiger partial charge in [0.2, 0.25) is 0 Å². The molecule has 1 unspecified atom stereocenters. The van der Waals surface area contributed by atoms with Crippen molar-refractivity contribution in [2.75, 3.05) is 6.61 Å². The molecule has 2 aromatic rings. The molecule has 0 fully saturated rings. The zero-order chi connectivity index (χ0) is 20.5. The molecule has 0 saturated heterocycles. The minimum Gasteiger partial charge on any atom is -0.482 e. The summed E-state index contributed by atoms with van der Waals surface area (Å²) < 4.78 is 10.4. The Hall–Kier alpha value is -2.86. The van der Waals surface area contributed by atoms with Gasteiger partial charge in [-0.15, -0.1) is 0 Å². The molecule has 148 valence electrons. The van der Waals surface area contributed by atoms with Gasteiger partial charge in [-0.1, -0.05) is 36.7 Å². The van der Waals surface area contributed by atoms with E-state index >= 15 is 0 Å². The van der Waals surface area contributed by atoms with Crippen molar-refractivity contribution in [3.05, 3.63) is 64.7 Å². The van der Waals surface area contributed by atoms with Crippen LogP contribution in [0.15, 0.2) is 48.5 Å². The van der Waals surface area contributed by atoms with Gasteiger partial charge in [0.05, 0.1) is 0 Å². The lowest BCUT2D eigenvalue weighted by molar-refractivity contribution is -0.156. The fraction of sp³-hybridized carbons (Fsp3) is 0.286. The number of amides is 1. The number of rotatable bonds is 9. The Morgan fingerprint density at radius 1 is 1.07 bits per heavy atom. The molecule has 28 heavy (non-hydrogen) atoms. The lowest BCUT2D eigenvalue weighted by Crippen LogP contribution is -2.36. The van der Waals surface area contributed by atoms with Gasteiger partial charge in [0, 0.05) is 23.6 Å². The zero-order valence-electron chi connectivity index (χ0n) is 15.7. The van der Waals surface area contributed by atoms with Gasteiger partial charge in [0.15, 0.2) is 18.5 Å². The Labute approximate surface area is 168 Å². The second-order valence-electron chi connectivity index (χ2n) is 6.03. The summed E-state index contributed by atoms with van der Waals surface area (Å²) in [5.74, 6) is -0.646. The SMILES string of the molecule is CCC(=O)c1ccc(OCC(=O)OC(C)C(=O)NCc2ccccc2Cl)cc1. The van der Waals surface area contributed by atoms with Gasteiger partial charge in [-0.05, 0) is 42.8 Å². The van der Waals surface area contributed by atoms with Crippen LogP contribution in [0.3, 0.4) is 0 Å². The van der Waals surface area contributed by atoms with E-state index in [1.54, 1.807) is 49.4 Å². The molecule has 0 spiro atoms. The van der Waals surface area contributed by atoms with Crippen molar-refractivity contribution in [2.24, 2.45) is 0 Å². The molecule has 6 nitrogen and oxygen atoms in total. The van der Waals surface area contributed by atoms with E-state index in [4.69, 9.17) is 21.1 Å². The number of hydrogen-bond acceptors (Lipinski definition) is 5. The molecule has 2 aromatic carbocycles. The van der Waals surface area contributed by atoms with Gasteiger partial charge < -0.3 is 14.8 Å². The summed E-state index contributed by atoms with van der Waals surface area (Å²) in [4.78, 5) is 35.5. The van der Waals surface area contributed by atoms with Crippen LogP contribution in [-0.2, 0) is 20.9 Å². The van der Waals surface area contributed by atoms with Crippen LogP contribution in [0.2, 0.25) is 5.02 Å². The third-order valence-electron chi connectivity index (χ3n) is 3.94. The molecule has 0 radical (unpaired) electrons. The molecule has 1 amide bonds. The lowest BCUT2D eigenvalue weighted by Gasteiger charge is -2.14. The van der Waals surface area contributed by atoms with Crippen LogP contribution in [0.5, 0.6) is 5.75 Å².